The van der Waals surface area contributed by atoms with Crippen LogP contribution in [0.15, 0.2) is 40.1 Å². The van der Waals surface area contributed by atoms with E-state index in [1.807, 2.05) is 32.0 Å². The van der Waals surface area contributed by atoms with E-state index in [0.717, 1.165) is 20.6 Å². The van der Waals surface area contributed by atoms with Crippen LogP contribution in [0.25, 0.3) is 10.8 Å². The van der Waals surface area contributed by atoms with Gasteiger partial charge < -0.3 is 14.2 Å². The summed E-state index contributed by atoms with van der Waals surface area (Å²) in [6.45, 7) is 3.64. The Morgan fingerprint density at radius 1 is 0.958 bits per heavy atom. The largest absolute Gasteiger partial charge is 0.426 e. The molecule has 130 valence electrons. The van der Waals surface area contributed by atoms with Gasteiger partial charge in [-0.15, -0.1) is 0 Å². The summed E-state index contributed by atoms with van der Waals surface area (Å²) in [5.74, 6) is 1.36. The molecule has 0 N–H and O–H groups in total. The summed E-state index contributed by atoms with van der Waals surface area (Å²) in [4.78, 5) is 14.0. The van der Waals surface area contributed by atoms with E-state index < -0.39 is 0 Å². The molecule has 2 rings (SSSR count). The van der Waals surface area contributed by atoms with Gasteiger partial charge in [-0.25, -0.2) is 0 Å². The first kappa shape index (κ1) is 19.1. The van der Waals surface area contributed by atoms with Gasteiger partial charge in [-0.05, 0) is 35.0 Å². The highest BCUT2D eigenvalue weighted by Crippen LogP contribution is 2.36. The number of hydrogen-bond donors (Lipinski definition) is 0. The van der Waals surface area contributed by atoms with E-state index in [1.54, 1.807) is 37.7 Å². The minimum Gasteiger partial charge on any atom is -0.426 e. The molecule has 0 fully saturated rings. The number of carbonyl (C=O) groups excluding carboxylic acids is 1. The van der Waals surface area contributed by atoms with Crippen LogP contribution in [0.5, 0.6) is 5.75 Å². The average molecular weight is 367 g/mol. The molecular formula is C18H22O4S2. The molecule has 0 unspecified atom stereocenters. The van der Waals surface area contributed by atoms with Crippen LogP contribution in [-0.4, -0.2) is 32.1 Å². The first-order chi connectivity index (χ1) is 11.5. The number of carbonyl (C=O) groups is 1. The topological polar surface area (TPSA) is 44.8 Å². The standard InChI is InChI=1S/C18H22O4S2/c1-12(2)18(19)22-15-6-5-13-8-16(23-10-20-3)17(24-11-21-4)9-14(13)7-15/h5-9,12H,10-11H2,1-4H3. The van der Waals surface area contributed by atoms with Crippen molar-refractivity contribution in [2.45, 2.75) is 23.6 Å². The van der Waals surface area contributed by atoms with Gasteiger partial charge in [-0.2, -0.15) is 0 Å². The third kappa shape index (κ3) is 5.14. The van der Waals surface area contributed by atoms with Crippen LogP contribution in [-0.2, 0) is 14.3 Å². The summed E-state index contributed by atoms with van der Waals surface area (Å²) in [5, 5.41) is 2.13. The van der Waals surface area contributed by atoms with E-state index in [-0.39, 0.29) is 11.9 Å². The van der Waals surface area contributed by atoms with Crippen LogP contribution in [0.1, 0.15) is 13.8 Å². The Morgan fingerprint density at radius 2 is 1.54 bits per heavy atom. The Bertz CT molecular complexity index is 701. The Labute approximate surface area is 151 Å². The summed E-state index contributed by atoms with van der Waals surface area (Å²) in [6, 6.07) is 9.93. The second-order valence-electron chi connectivity index (χ2n) is 5.49. The number of thioether (sulfide) groups is 2. The zero-order chi connectivity index (χ0) is 17.5. The number of esters is 1. The van der Waals surface area contributed by atoms with Crippen LogP contribution < -0.4 is 4.74 Å². The molecule has 0 aliphatic carbocycles. The minimum atomic E-state index is -0.226. The van der Waals surface area contributed by atoms with Gasteiger partial charge in [0.1, 0.15) is 5.75 Å². The second kappa shape index (κ2) is 9.32. The van der Waals surface area contributed by atoms with Gasteiger partial charge in [0, 0.05) is 24.0 Å². The van der Waals surface area contributed by atoms with Gasteiger partial charge in [0.05, 0.1) is 17.8 Å². The van der Waals surface area contributed by atoms with E-state index in [9.17, 15) is 4.79 Å². The number of rotatable bonds is 8. The van der Waals surface area contributed by atoms with Crippen molar-refractivity contribution in [1.82, 2.24) is 0 Å². The number of hydrogen-bond acceptors (Lipinski definition) is 6. The molecule has 0 spiro atoms. The molecular weight excluding hydrogens is 344 g/mol. The maximum absolute atomic E-state index is 11.8. The van der Waals surface area contributed by atoms with E-state index >= 15 is 0 Å². The zero-order valence-electron chi connectivity index (χ0n) is 14.3. The zero-order valence-corrected chi connectivity index (χ0v) is 16.0. The summed E-state index contributed by atoms with van der Waals surface area (Å²) in [6.07, 6.45) is 0. The van der Waals surface area contributed by atoms with E-state index in [4.69, 9.17) is 14.2 Å². The van der Waals surface area contributed by atoms with Gasteiger partial charge in [-0.3, -0.25) is 4.79 Å². The SMILES string of the molecule is COCSc1cc2ccc(OC(=O)C(C)C)cc2cc1SCOC. The first-order valence-electron chi connectivity index (χ1n) is 7.58. The lowest BCUT2D eigenvalue weighted by Crippen LogP contribution is -2.14. The van der Waals surface area contributed by atoms with Crippen molar-refractivity contribution < 1.29 is 19.0 Å². The summed E-state index contributed by atoms with van der Waals surface area (Å²) >= 11 is 3.28. The molecule has 0 saturated heterocycles. The lowest BCUT2D eigenvalue weighted by Gasteiger charge is -2.12. The predicted octanol–water partition coefficient (Wildman–Crippen LogP) is 4.79. The molecule has 0 aromatic heterocycles. The molecule has 2 aromatic rings. The predicted molar refractivity (Wildman–Crippen MR) is 99.9 cm³/mol. The summed E-state index contributed by atoms with van der Waals surface area (Å²) < 4.78 is 15.7. The molecule has 0 amide bonds. The third-order valence-electron chi connectivity index (χ3n) is 3.23. The summed E-state index contributed by atoms with van der Waals surface area (Å²) in [7, 11) is 3.37. The van der Waals surface area contributed by atoms with Gasteiger partial charge in [0.15, 0.2) is 0 Å². The molecule has 4 nitrogen and oxygen atoms in total. The van der Waals surface area contributed by atoms with E-state index in [1.165, 1.54) is 0 Å². The Morgan fingerprint density at radius 3 is 2.08 bits per heavy atom. The van der Waals surface area contributed by atoms with Gasteiger partial charge >= 0.3 is 5.97 Å². The molecule has 0 bridgehead atoms. The Balaban J connectivity index is 2.34. The molecule has 6 heteroatoms. The number of methoxy groups -OCH3 is 2. The van der Waals surface area contributed by atoms with Gasteiger partial charge in [-0.1, -0.05) is 43.4 Å². The summed E-state index contributed by atoms with van der Waals surface area (Å²) in [5.41, 5.74) is 0. The first-order valence-corrected chi connectivity index (χ1v) is 9.55. The van der Waals surface area contributed by atoms with Crippen molar-refractivity contribution in [3.63, 3.8) is 0 Å². The van der Waals surface area contributed by atoms with Crippen molar-refractivity contribution in [2.24, 2.45) is 5.92 Å². The minimum absolute atomic E-state index is 0.152. The molecule has 0 atom stereocenters. The van der Waals surface area contributed by atoms with Crippen molar-refractivity contribution >= 4 is 40.3 Å². The molecule has 0 aliphatic heterocycles. The van der Waals surface area contributed by atoms with Crippen LogP contribution >= 0.6 is 23.5 Å². The van der Waals surface area contributed by atoms with Crippen molar-refractivity contribution in [3.05, 3.63) is 30.3 Å². The molecule has 0 saturated carbocycles. The lowest BCUT2D eigenvalue weighted by molar-refractivity contribution is -0.137. The van der Waals surface area contributed by atoms with Crippen molar-refractivity contribution in [3.8, 4) is 5.75 Å². The maximum Gasteiger partial charge on any atom is 0.313 e. The highest BCUT2D eigenvalue weighted by molar-refractivity contribution is 8.02. The van der Waals surface area contributed by atoms with Gasteiger partial charge in [0.25, 0.3) is 0 Å². The van der Waals surface area contributed by atoms with Crippen molar-refractivity contribution in [2.75, 3.05) is 26.1 Å². The van der Waals surface area contributed by atoms with E-state index in [0.29, 0.717) is 17.6 Å². The van der Waals surface area contributed by atoms with Crippen LogP contribution in [0.3, 0.4) is 0 Å². The van der Waals surface area contributed by atoms with Crippen LogP contribution in [0.4, 0.5) is 0 Å². The Hall–Kier alpha value is -1.21. The number of fused-ring (bicyclic) bond motifs is 1. The molecule has 0 heterocycles. The second-order valence-corrected chi connectivity index (χ2v) is 7.41. The molecule has 0 aliphatic rings. The van der Waals surface area contributed by atoms with Gasteiger partial charge in [0.2, 0.25) is 0 Å². The normalized spacial score (nSPS) is 11.2. The number of benzene rings is 2. The van der Waals surface area contributed by atoms with Crippen molar-refractivity contribution in [1.29, 1.82) is 0 Å². The fourth-order valence-corrected chi connectivity index (χ4v) is 3.67. The van der Waals surface area contributed by atoms with Crippen LogP contribution in [0, 0.1) is 5.92 Å². The lowest BCUT2D eigenvalue weighted by atomic mass is 10.1. The fraction of sp³-hybridized carbons (Fsp3) is 0.389. The maximum atomic E-state index is 11.8. The third-order valence-corrected chi connectivity index (χ3v) is 5.36. The highest BCUT2D eigenvalue weighted by Gasteiger charge is 2.11. The highest BCUT2D eigenvalue weighted by atomic mass is 32.2. The van der Waals surface area contributed by atoms with Crippen LogP contribution in [0.2, 0.25) is 0 Å². The molecule has 2 aromatic carbocycles. The quantitative estimate of drug-likeness (QED) is 0.290. The number of ether oxygens (including phenoxy) is 3. The molecule has 24 heavy (non-hydrogen) atoms. The van der Waals surface area contributed by atoms with E-state index in [2.05, 4.69) is 12.1 Å². The average Bonchev–Trinajstić information content (AvgIpc) is 2.57. The fourth-order valence-electron chi connectivity index (χ4n) is 2.00. The smallest absolute Gasteiger partial charge is 0.313 e. The Kier molecular flexibility index (Phi) is 7.42. The molecule has 0 radical (unpaired) electrons. The monoisotopic (exact) mass is 366 g/mol.